The molecular formula is C25H28N2O5. The minimum Gasteiger partial charge on any atom is -0.426 e. The van der Waals surface area contributed by atoms with E-state index in [1.807, 2.05) is 35.2 Å². The first-order valence-corrected chi connectivity index (χ1v) is 11.3. The second-order valence-corrected chi connectivity index (χ2v) is 8.87. The van der Waals surface area contributed by atoms with Crippen molar-refractivity contribution in [3.63, 3.8) is 0 Å². The number of hydrogen-bond donors (Lipinski definition) is 0. The predicted molar refractivity (Wildman–Crippen MR) is 119 cm³/mol. The number of fused-ring (bicyclic) bond motifs is 1. The lowest BCUT2D eigenvalue weighted by Gasteiger charge is -2.22. The fraction of sp³-hybridized carbons (Fsp3) is 0.440. The van der Waals surface area contributed by atoms with Crippen LogP contribution >= 0.6 is 0 Å². The van der Waals surface area contributed by atoms with Gasteiger partial charge < -0.3 is 9.64 Å². The van der Waals surface area contributed by atoms with Gasteiger partial charge in [-0.15, -0.1) is 0 Å². The normalized spacial score (nSPS) is 20.9. The highest BCUT2D eigenvalue weighted by Crippen LogP contribution is 2.36. The summed E-state index contributed by atoms with van der Waals surface area (Å²) in [5, 5.41) is 10.8. The third kappa shape index (κ3) is 5.33. The summed E-state index contributed by atoms with van der Waals surface area (Å²) < 4.78 is 5.51. The fourth-order valence-electron chi connectivity index (χ4n) is 4.92. The molecule has 1 aliphatic carbocycles. The standard InChI is InChI=1S/C25H28N2O5/c28-24(26-16-19-8-4-5-9-20(19)17-26)15-21(14-18-6-2-1-3-7-18)25(29)32-23-12-10-22(11-13-23)27(30)31/h1-3,6-7,10-13,19-21H,4-5,8-9,14-17H2/t19-,20+,21-/m0/s1. The largest absolute Gasteiger partial charge is 0.426 e. The number of ether oxygens (including phenoxy) is 1. The lowest BCUT2D eigenvalue weighted by molar-refractivity contribution is -0.384. The van der Waals surface area contributed by atoms with Crippen LogP contribution in [0.1, 0.15) is 37.7 Å². The monoisotopic (exact) mass is 436 g/mol. The number of amides is 1. The van der Waals surface area contributed by atoms with Gasteiger partial charge >= 0.3 is 5.97 Å². The minimum absolute atomic E-state index is 0.000908. The molecule has 1 amide bonds. The minimum atomic E-state index is -0.622. The smallest absolute Gasteiger partial charge is 0.315 e. The molecule has 1 heterocycles. The molecule has 0 aromatic heterocycles. The Hall–Kier alpha value is -3.22. The predicted octanol–water partition coefficient (Wildman–Crippen LogP) is 4.40. The molecule has 2 aromatic rings. The zero-order chi connectivity index (χ0) is 22.5. The maximum atomic E-state index is 13.1. The SMILES string of the molecule is O=C(Oc1ccc([N+](=O)[O-])cc1)[C@H](CC(=O)N1C[C@H]2CCCC[C@H]2C1)Cc1ccccc1. The van der Waals surface area contributed by atoms with Crippen LogP contribution in [0.15, 0.2) is 54.6 Å². The first kappa shape index (κ1) is 22.0. The van der Waals surface area contributed by atoms with Gasteiger partial charge in [-0.25, -0.2) is 0 Å². The molecule has 1 saturated heterocycles. The maximum absolute atomic E-state index is 13.1. The van der Waals surface area contributed by atoms with Crippen LogP contribution in [0, 0.1) is 27.9 Å². The first-order valence-electron chi connectivity index (χ1n) is 11.3. The van der Waals surface area contributed by atoms with Gasteiger partial charge in [-0.05, 0) is 48.8 Å². The number of non-ortho nitro benzene ring substituents is 1. The summed E-state index contributed by atoms with van der Waals surface area (Å²) >= 11 is 0. The number of rotatable bonds is 7. The second-order valence-electron chi connectivity index (χ2n) is 8.87. The molecule has 1 aliphatic heterocycles. The van der Waals surface area contributed by atoms with E-state index in [2.05, 4.69) is 0 Å². The van der Waals surface area contributed by atoms with Gasteiger partial charge in [0.2, 0.25) is 5.91 Å². The average molecular weight is 437 g/mol. The van der Waals surface area contributed by atoms with E-state index in [1.54, 1.807) is 0 Å². The zero-order valence-corrected chi connectivity index (χ0v) is 18.0. The Kier molecular flexibility index (Phi) is 6.83. The van der Waals surface area contributed by atoms with Gasteiger partial charge in [-0.3, -0.25) is 19.7 Å². The Bertz CT molecular complexity index is 946. The molecular weight excluding hydrogens is 408 g/mol. The number of nitro benzene ring substituents is 1. The Morgan fingerprint density at radius 1 is 1.00 bits per heavy atom. The first-order chi connectivity index (χ1) is 15.5. The van der Waals surface area contributed by atoms with Crippen molar-refractivity contribution in [2.75, 3.05) is 13.1 Å². The van der Waals surface area contributed by atoms with Gasteiger partial charge in [-0.1, -0.05) is 43.2 Å². The van der Waals surface area contributed by atoms with E-state index in [1.165, 1.54) is 49.9 Å². The molecule has 1 saturated carbocycles. The average Bonchev–Trinajstić information content (AvgIpc) is 3.24. The van der Waals surface area contributed by atoms with Crippen molar-refractivity contribution in [3.05, 3.63) is 70.3 Å². The topological polar surface area (TPSA) is 89.7 Å². The molecule has 0 radical (unpaired) electrons. The van der Waals surface area contributed by atoms with Crippen LogP contribution in [0.25, 0.3) is 0 Å². The van der Waals surface area contributed by atoms with Crippen molar-refractivity contribution in [3.8, 4) is 5.75 Å². The van der Waals surface area contributed by atoms with Crippen molar-refractivity contribution in [2.45, 2.75) is 38.5 Å². The molecule has 2 aliphatic rings. The van der Waals surface area contributed by atoms with E-state index < -0.39 is 16.8 Å². The maximum Gasteiger partial charge on any atom is 0.315 e. The Morgan fingerprint density at radius 2 is 1.62 bits per heavy atom. The molecule has 3 atom stereocenters. The Morgan fingerprint density at radius 3 is 2.22 bits per heavy atom. The molecule has 0 N–H and O–H groups in total. The summed E-state index contributed by atoms with van der Waals surface area (Å²) in [6, 6.07) is 15.0. The second kappa shape index (κ2) is 9.94. The van der Waals surface area contributed by atoms with Gasteiger partial charge in [0.1, 0.15) is 5.75 Å². The number of hydrogen-bond acceptors (Lipinski definition) is 5. The molecule has 4 rings (SSSR count). The summed E-state index contributed by atoms with van der Waals surface area (Å²) in [6.07, 6.45) is 5.34. The number of likely N-dealkylation sites (tertiary alicyclic amines) is 1. The van der Waals surface area contributed by atoms with Crippen molar-refractivity contribution >= 4 is 17.6 Å². The van der Waals surface area contributed by atoms with Crippen LogP contribution < -0.4 is 4.74 Å². The molecule has 2 aromatic carbocycles. The van der Waals surface area contributed by atoms with Crippen molar-refractivity contribution in [1.82, 2.24) is 4.90 Å². The number of nitrogens with zero attached hydrogens (tertiary/aromatic N) is 2. The molecule has 7 nitrogen and oxygen atoms in total. The summed E-state index contributed by atoms with van der Waals surface area (Å²) in [5.74, 6) is 0.300. The third-order valence-electron chi connectivity index (χ3n) is 6.67. The van der Waals surface area contributed by atoms with Gasteiger partial charge in [0.15, 0.2) is 0 Å². The number of esters is 1. The fourth-order valence-corrected chi connectivity index (χ4v) is 4.92. The highest BCUT2D eigenvalue weighted by atomic mass is 16.6. The van der Waals surface area contributed by atoms with Crippen LogP contribution in [-0.2, 0) is 16.0 Å². The summed E-state index contributed by atoms with van der Waals surface area (Å²) in [7, 11) is 0. The van der Waals surface area contributed by atoms with Crippen LogP contribution in [0.3, 0.4) is 0 Å². The molecule has 2 fully saturated rings. The van der Waals surface area contributed by atoms with E-state index in [-0.39, 0.29) is 23.8 Å². The quantitative estimate of drug-likeness (QED) is 0.278. The molecule has 7 heteroatoms. The lowest BCUT2D eigenvalue weighted by atomic mass is 9.82. The van der Waals surface area contributed by atoms with Crippen molar-refractivity contribution in [2.24, 2.45) is 17.8 Å². The van der Waals surface area contributed by atoms with Gasteiger partial charge in [0, 0.05) is 31.6 Å². The van der Waals surface area contributed by atoms with Crippen molar-refractivity contribution < 1.29 is 19.2 Å². The van der Waals surface area contributed by atoms with E-state index in [4.69, 9.17) is 4.74 Å². The Labute approximate surface area is 187 Å². The lowest BCUT2D eigenvalue weighted by Crippen LogP contribution is -2.34. The number of benzene rings is 2. The molecule has 0 unspecified atom stereocenters. The Balaban J connectivity index is 1.44. The van der Waals surface area contributed by atoms with Crippen molar-refractivity contribution in [1.29, 1.82) is 0 Å². The summed E-state index contributed by atoms with van der Waals surface area (Å²) in [4.78, 5) is 38.4. The van der Waals surface area contributed by atoms with E-state index in [0.29, 0.717) is 18.3 Å². The molecule has 0 bridgehead atoms. The molecule has 0 spiro atoms. The van der Waals surface area contributed by atoms with Gasteiger partial charge in [0.25, 0.3) is 5.69 Å². The van der Waals surface area contributed by atoms with Gasteiger partial charge in [-0.2, -0.15) is 0 Å². The van der Waals surface area contributed by atoms with E-state index in [9.17, 15) is 19.7 Å². The van der Waals surface area contributed by atoms with Gasteiger partial charge in [0.05, 0.1) is 10.8 Å². The summed E-state index contributed by atoms with van der Waals surface area (Å²) in [6.45, 7) is 1.58. The number of carbonyl (C=O) groups is 2. The van der Waals surface area contributed by atoms with Crippen LogP contribution in [-0.4, -0.2) is 34.8 Å². The highest BCUT2D eigenvalue weighted by Gasteiger charge is 2.37. The third-order valence-corrected chi connectivity index (χ3v) is 6.67. The van der Waals surface area contributed by atoms with Crippen LogP contribution in [0.4, 0.5) is 5.69 Å². The van der Waals surface area contributed by atoms with E-state index in [0.717, 1.165) is 18.7 Å². The number of carbonyl (C=O) groups excluding carboxylic acids is 2. The zero-order valence-electron chi connectivity index (χ0n) is 18.0. The molecule has 168 valence electrons. The molecule has 32 heavy (non-hydrogen) atoms. The summed E-state index contributed by atoms with van der Waals surface area (Å²) in [5.41, 5.74) is 0.886. The van der Waals surface area contributed by atoms with E-state index >= 15 is 0 Å². The van der Waals surface area contributed by atoms with Crippen LogP contribution in [0.5, 0.6) is 5.75 Å². The van der Waals surface area contributed by atoms with Crippen LogP contribution in [0.2, 0.25) is 0 Å². The highest BCUT2D eigenvalue weighted by molar-refractivity contribution is 5.84. The number of nitro groups is 1.